The molecule has 1 N–H and O–H groups in total. The van der Waals surface area contributed by atoms with Crippen molar-refractivity contribution in [3.05, 3.63) is 90.6 Å². The van der Waals surface area contributed by atoms with E-state index in [2.05, 4.69) is 45.7 Å². The number of phenols is 1. The van der Waals surface area contributed by atoms with Crippen LogP contribution < -0.4 is 9.64 Å². The van der Waals surface area contributed by atoms with Crippen LogP contribution in [-0.2, 0) is 21.1 Å². The average Bonchev–Trinajstić information content (AvgIpc) is 3.18. The monoisotopic (exact) mass is 654 g/mol. The summed E-state index contributed by atoms with van der Waals surface area (Å²) in [7, 11) is 3.92. The van der Waals surface area contributed by atoms with Crippen LogP contribution >= 0.6 is 0 Å². The molecule has 0 spiro atoms. The third-order valence-corrected chi connectivity index (χ3v) is 6.17. The number of hydrogen-bond acceptors (Lipinski definition) is 5. The molecule has 0 atom stereocenters. The molecule has 0 aliphatic carbocycles. The van der Waals surface area contributed by atoms with Crippen molar-refractivity contribution in [3.8, 4) is 23.2 Å². The van der Waals surface area contributed by atoms with Crippen molar-refractivity contribution in [3.63, 3.8) is 0 Å². The Morgan fingerprint density at radius 2 is 1.72 bits per heavy atom. The molecule has 3 heterocycles. The maximum atomic E-state index is 10.4. The zero-order chi connectivity index (χ0) is 24.1. The molecule has 0 amide bonds. The van der Waals surface area contributed by atoms with Gasteiger partial charge in [-0.25, -0.2) is 9.97 Å². The Morgan fingerprint density at radius 3 is 2.53 bits per heavy atom. The molecule has 0 aliphatic heterocycles. The Balaban J connectivity index is 0.00000267. The van der Waals surface area contributed by atoms with Crippen molar-refractivity contribution in [1.29, 1.82) is 0 Å². The number of hydrogen-bond donors (Lipinski definition) is 1. The first-order valence-electron chi connectivity index (χ1n) is 11.4. The Kier molecular flexibility index (Phi) is 6.15. The molecule has 6 aromatic rings. The Morgan fingerprint density at radius 1 is 0.917 bits per heavy atom. The normalized spacial score (nSPS) is 11.1. The second-order valence-corrected chi connectivity index (χ2v) is 8.77. The SMILES string of the molecule is Cc1ccnc(-n2c3[c-]c(Oc4ccc5c(N(C)C)ccc(O)c5n4)ccc3c3ccccc32)c1.[Pt]. The smallest absolute Gasteiger partial charge is 0.217 e. The molecule has 6 nitrogen and oxygen atoms in total. The van der Waals surface area contributed by atoms with Crippen LogP contribution in [0.3, 0.4) is 0 Å². The molecule has 182 valence electrons. The first kappa shape index (κ1) is 23.8. The zero-order valence-electron chi connectivity index (χ0n) is 20.0. The number of aromatic hydroxyl groups is 1. The van der Waals surface area contributed by atoms with Gasteiger partial charge in [-0.1, -0.05) is 23.7 Å². The molecule has 6 rings (SSSR count). The predicted octanol–water partition coefficient (Wildman–Crippen LogP) is 6.40. The van der Waals surface area contributed by atoms with Gasteiger partial charge in [0.2, 0.25) is 5.88 Å². The van der Waals surface area contributed by atoms with Gasteiger partial charge in [0.05, 0.1) is 0 Å². The topological polar surface area (TPSA) is 63.4 Å². The molecule has 0 aliphatic rings. The first-order chi connectivity index (χ1) is 17.0. The van der Waals surface area contributed by atoms with Crippen molar-refractivity contribution < 1.29 is 30.9 Å². The van der Waals surface area contributed by atoms with E-state index in [4.69, 9.17) is 4.74 Å². The molecule has 36 heavy (non-hydrogen) atoms. The van der Waals surface area contributed by atoms with E-state index in [0.717, 1.165) is 44.3 Å². The van der Waals surface area contributed by atoms with Gasteiger partial charge < -0.3 is 19.3 Å². The molecule has 7 heteroatoms. The summed E-state index contributed by atoms with van der Waals surface area (Å²) < 4.78 is 8.24. The van der Waals surface area contributed by atoms with Crippen LogP contribution in [0.1, 0.15) is 5.56 Å². The van der Waals surface area contributed by atoms with E-state index >= 15 is 0 Å². The number of anilines is 1. The number of para-hydroxylation sites is 1. The fraction of sp³-hybridized carbons (Fsp3) is 0.103. The van der Waals surface area contributed by atoms with Crippen molar-refractivity contribution in [1.82, 2.24) is 14.5 Å². The fourth-order valence-electron chi connectivity index (χ4n) is 4.54. The third kappa shape index (κ3) is 3.98. The minimum atomic E-state index is 0. The second-order valence-electron chi connectivity index (χ2n) is 8.77. The second kappa shape index (κ2) is 9.29. The number of ether oxygens (including phenoxy) is 1. The Hall–Kier alpha value is -3.89. The number of aromatic nitrogens is 3. The van der Waals surface area contributed by atoms with Crippen LogP contribution in [0.2, 0.25) is 0 Å². The van der Waals surface area contributed by atoms with E-state index in [9.17, 15) is 5.11 Å². The molecule has 0 bridgehead atoms. The summed E-state index contributed by atoms with van der Waals surface area (Å²) >= 11 is 0. The average molecular weight is 655 g/mol. The van der Waals surface area contributed by atoms with Gasteiger partial charge in [0.15, 0.2) is 0 Å². The molecule has 0 radical (unpaired) electrons. The van der Waals surface area contributed by atoms with Crippen LogP contribution in [-0.4, -0.2) is 33.7 Å². The summed E-state index contributed by atoms with van der Waals surface area (Å²) in [6.07, 6.45) is 1.82. The van der Waals surface area contributed by atoms with Crippen LogP contribution in [0.5, 0.6) is 17.4 Å². The zero-order valence-corrected chi connectivity index (χ0v) is 22.2. The minimum absolute atomic E-state index is 0. The summed E-state index contributed by atoms with van der Waals surface area (Å²) in [5.41, 5.74) is 4.53. The first-order valence-corrected chi connectivity index (χ1v) is 11.4. The molecule has 3 aromatic heterocycles. The van der Waals surface area contributed by atoms with Gasteiger partial charge in [0.25, 0.3) is 0 Å². The summed E-state index contributed by atoms with van der Waals surface area (Å²) in [4.78, 5) is 11.2. The van der Waals surface area contributed by atoms with Crippen molar-refractivity contribution in [2.75, 3.05) is 19.0 Å². The number of fused-ring (bicyclic) bond motifs is 4. The van der Waals surface area contributed by atoms with E-state index in [1.165, 1.54) is 0 Å². The van der Waals surface area contributed by atoms with Gasteiger partial charge in [-0.2, -0.15) is 6.07 Å². The number of pyridine rings is 2. The number of rotatable bonds is 4. The Labute approximate surface area is 223 Å². The number of benzene rings is 3. The van der Waals surface area contributed by atoms with Crippen LogP contribution in [0, 0.1) is 13.0 Å². The van der Waals surface area contributed by atoms with Crippen molar-refractivity contribution in [2.45, 2.75) is 6.92 Å². The molecule has 0 saturated carbocycles. The van der Waals surface area contributed by atoms with Gasteiger partial charge >= 0.3 is 0 Å². The van der Waals surface area contributed by atoms with Gasteiger partial charge in [-0.05, 0) is 54.3 Å². The maximum Gasteiger partial charge on any atom is 0.217 e. The minimum Gasteiger partial charge on any atom is -0.506 e. The number of aryl methyl sites for hydroxylation is 1. The van der Waals surface area contributed by atoms with Crippen molar-refractivity contribution in [2.24, 2.45) is 0 Å². The summed E-state index contributed by atoms with van der Waals surface area (Å²) in [5, 5.41) is 13.5. The van der Waals surface area contributed by atoms with E-state index in [-0.39, 0.29) is 26.8 Å². The Bertz CT molecular complexity index is 1740. The summed E-state index contributed by atoms with van der Waals surface area (Å²) in [6, 6.07) is 26.9. The van der Waals surface area contributed by atoms with E-state index in [0.29, 0.717) is 17.1 Å². The molecule has 0 saturated heterocycles. The van der Waals surface area contributed by atoms with Crippen LogP contribution in [0.4, 0.5) is 5.69 Å². The standard InChI is InChI=1S/C29H23N4O2.Pt/c1-18-14-15-30-27(16-18)33-24-7-5-4-6-20(24)21-9-8-19(17-25(21)33)35-28-13-10-22-23(32(2)3)11-12-26(34)29(22)31-28;/h4-16,34H,1-3H3;/q-1;. The van der Waals surface area contributed by atoms with Gasteiger partial charge in [-0.15, -0.1) is 17.5 Å². The van der Waals surface area contributed by atoms with Gasteiger partial charge in [0, 0.05) is 69.8 Å². The largest absolute Gasteiger partial charge is 0.506 e. The number of phenolic OH excluding ortho intramolecular Hbond substituents is 1. The quantitative estimate of drug-likeness (QED) is 0.223. The van der Waals surface area contributed by atoms with E-state index in [1.54, 1.807) is 6.07 Å². The fourth-order valence-corrected chi connectivity index (χ4v) is 4.54. The summed E-state index contributed by atoms with van der Waals surface area (Å²) in [5.74, 6) is 1.86. The van der Waals surface area contributed by atoms with Gasteiger partial charge in [0.1, 0.15) is 17.1 Å². The molecule has 0 fully saturated rings. The maximum absolute atomic E-state index is 10.4. The van der Waals surface area contributed by atoms with Crippen LogP contribution in [0.15, 0.2) is 79.0 Å². The van der Waals surface area contributed by atoms with Crippen molar-refractivity contribution >= 4 is 38.4 Å². The molecular formula is C29H23N4O2Pt-. The predicted molar refractivity (Wildman–Crippen MR) is 140 cm³/mol. The van der Waals surface area contributed by atoms with Gasteiger partial charge in [-0.3, -0.25) is 0 Å². The van der Waals surface area contributed by atoms with E-state index < -0.39 is 0 Å². The molecular weight excluding hydrogens is 631 g/mol. The molecule has 0 unspecified atom stereocenters. The summed E-state index contributed by atoms with van der Waals surface area (Å²) in [6.45, 7) is 2.06. The third-order valence-electron chi connectivity index (χ3n) is 6.17. The van der Waals surface area contributed by atoms with Crippen LogP contribution in [0.25, 0.3) is 38.5 Å². The van der Waals surface area contributed by atoms with E-state index in [1.807, 2.05) is 73.7 Å². The molecule has 3 aromatic carbocycles. The number of nitrogens with zero attached hydrogens (tertiary/aromatic N) is 4.